The summed E-state index contributed by atoms with van der Waals surface area (Å²) in [4.78, 5) is 25.6. The number of carbonyl (C=O) groups is 1. The van der Waals surface area contributed by atoms with Gasteiger partial charge < -0.3 is 19.2 Å². The molecule has 1 aromatic heterocycles. The summed E-state index contributed by atoms with van der Waals surface area (Å²) in [6.45, 7) is 4.26. The Hall–Kier alpha value is -4.06. The van der Waals surface area contributed by atoms with Gasteiger partial charge in [0.15, 0.2) is 5.43 Å². The molecule has 0 saturated heterocycles. The number of hydrogen-bond acceptors (Lipinski definition) is 5. The largest absolute Gasteiger partial charge is 0.497 e. The van der Waals surface area contributed by atoms with Gasteiger partial charge in [0.2, 0.25) is 0 Å². The molecule has 0 radical (unpaired) electrons. The van der Waals surface area contributed by atoms with E-state index in [1.54, 1.807) is 36.4 Å². The van der Waals surface area contributed by atoms with Gasteiger partial charge in [-0.1, -0.05) is 38.1 Å². The molecule has 0 spiro atoms. The van der Waals surface area contributed by atoms with E-state index in [1.165, 1.54) is 25.8 Å². The zero-order chi connectivity index (χ0) is 23.5. The molecule has 0 saturated carbocycles. The van der Waals surface area contributed by atoms with Crippen LogP contribution in [0.2, 0.25) is 0 Å². The summed E-state index contributed by atoms with van der Waals surface area (Å²) in [6.07, 6.45) is 0. The van der Waals surface area contributed by atoms with Crippen molar-refractivity contribution >= 4 is 22.6 Å². The predicted molar refractivity (Wildman–Crippen MR) is 130 cm³/mol. The van der Waals surface area contributed by atoms with Gasteiger partial charge in [-0.15, -0.1) is 0 Å². The van der Waals surface area contributed by atoms with E-state index in [-0.39, 0.29) is 11.3 Å². The standard InChI is InChI=1S/C27H25NO5/c1-16(2)17-5-7-18(8-6-17)26-15-24(29)23-13-20(9-10-25(23)33-26)28-27(30)19-11-21(31-3)14-22(12-19)32-4/h5-16H,1-4H3,(H,28,30). The minimum Gasteiger partial charge on any atom is -0.497 e. The van der Waals surface area contributed by atoms with Crippen LogP contribution in [0.1, 0.15) is 35.7 Å². The van der Waals surface area contributed by atoms with Crippen LogP contribution >= 0.6 is 0 Å². The smallest absolute Gasteiger partial charge is 0.255 e. The highest BCUT2D eigenvalue weighted by Crippen LogP contribution is 2.27. The van der Waals surface area contributed by atoms with Crippen LogP contribution in [0.15, 0.2) is 75.9 Å². The highest BCUT2D eigenvalue weighted by Gasteiger charge is 2.13. The van der Waals surface area contributed by atoms with Gasteiger partial charge in [0.05, 0.1) is 19.6 Å². The molecule has 0 fully saturated rings. The predicted octanol–water partition coefficient (Wildman–Crippen LogP) is 5.85. The number of rotatable bonds is 6. The summed E-state index contributed by atoms with van der Waals surface area (Å²) >= 11 is 0. The number of anilines is 1. The Kier molecular flexibility index (Phi) is 6.18. The molecule has 1 N–H and O–H groups in total. The Balaban J connectivity index is 1.62. The summed E-state index contributed by atoms with van der Waals surface area (Å²) in [5.74, 6) is 1.59. The van der Waals surface area contributed by atoms with Crippen molar-refractivity contribution in [2.45, 2.75) is 19.8 Å². The maximum atomic E-state index is 12.8. The molecule has 0 bridgehead atoms. The number of fused-ring (bicyclic) bond motifs is 1. The fourth-order valence-electron chi connectivity index (χ4n) is 3.55. The molecule has 1 heterocycles. The molecule has 0 aliphatic rings. The zero-order valence-electron chi connectivity index (χ0n) is 19.0. The van der Waals surface area contributed by atoms with Gasteiger partial charge in [0.25, 0.3) is 5.91 Å². The first kappa shape index (κ1) is 22.1. The Morgan fingerprint density at radius 1 is 0.879 bits per heavy atom. The molecular formula is C27H25NO5. The summed E-state index contributed by atoms with van der Waals surface area (Å²) in [5, 5.41) is 3.20. The number of methoxy groups -OCH3 is 2. The minimum atomic E-state index is -0.349. The van der Waals surface area contributed by atoms with Crippen molar-refractivity contribution in [2.75, 3.05) is 19.5 Å². The molecule has 168 valence electrons. The Morgan fingerprint density at radius 3 is 2.15 bits per heavy atom. The van der Waals surface area contributed by atoms with Crippen LogP contribution in [0.3, 0.4) is 0 Å². The summed E-state index contributed by atoms with van der Waals surface area (Å²) in [5.41, 5.74) is 3.18. The maximum absolute atomic E-state index is 12.8. The Bertz CT molecular complexity index is 1350. The molecule has 6 heteroatoms. The number of nitrogens with one attached hydrogen (secondary N) is 1. The minimum absolute atomic E-state index is 0.182. The van der Waals surface area contributed by atoms with Crippen LogP contribution in [0, 0.1) is 0 Å². The first-order valence-electron chi connectivity index (χ1n) is 10.6. The van der Waals surface area contributed by atoms with E-state index in [9.17, 15) is 9.59 Å². The number of amides is 1. The molecular weight excluding hydrogens is 418 g/mol. The van der Waals surface area contributed by atoms with E-state index >= 15 is 0 Å². The average Bonchev–Trinajstić information content (AvgIpc) is 2.83. The lowest BCUT2D eigenvalue weighted by Gasteiger charge is -2.10. The van der Waals surface area contributed by atoms with E-state index in [0.717, 1.165) is 5.56 Å². The lowest BCUT2D eigenvalue weighted by molar-refractivity contribution is 0.102. The Morgan fingerprint density at radius 2 is 1.55 bits per heavy atom. The SMILES string of the molecule is COc1cc(OC)cc(C(=O)Nc2ccc3oc(-c4ccc(C(C)C)cc4)cc(=O)c3c2)c1. The number of benzene rings is 3. The van der Waals surface area contributed by atoms with Crippen LogP contribution in [0.25, 0.3) is 22.3 Å². The van der Waals surface area contributed by atoms with Crippen LogP contribution < -0.4 is 20.2 Å². The number of ether oxygens (including phenoxy) is 2. The number of carbonyl (C=O) groups excluding carboxylic acids is 1. The van der Waals surface area contributed by atoms with Gasteiger partial charge in [-0.05, 0) is 41.8 Å². The number of hydrogen-bond donors (Lipinski definition) is 1. The van der Waals surface area contributed by atoms with Crippen LogP contribution in [0.5, 0.6) is 11.5 Å². The van der Waals surface area contributed by atoms with Crippen LogP contribution in [-0.4, -0.2) is 20.1 Å². The van der Waals surface area contributed by atoms with E-state index in [1.807, 2.05) is 24.3 Å². The monoisotopic (exact) mass is 443 g/mol. The summed E-state index contributed by atoms with van der Waals surface area (Å²) < 4.78 is 16.4. The van der Waals surface area contributed by atoms with Gasteiger partial charge in [-0.25, -0.2) is 0 Å². The fourth-order valence-corrected chi connectivity index (χ4v) is 3.55. The third-order valence-corrected chi connectivity index (χ3v) is 5.46. The van der Waals surface area contributed by atoms with E-state index < -0.39 is 0 Å². The van der Waals surface area contributed by atoms with E-state index in [2.05, 4.69) is 19.2 Å². The third-order valence-electron chi connectivity index (χ3n) is 5.46. The molecule has 0 atom stereocenters. The van der Waals surface area contributed by atoms with Crippen molar-refractivity contribution in [3.8, 4) is 22.8 Å². The molecule has 0 unspecified atom stereocenters. The van der Waals surface area contributed by atoms with Gasteiger partial charge in [0, 0.05) is 28.9 Å². The molecule has 4 aromatic rings. The molecule has 33 heavy (non-hydrogen) atoms. The van der Waals surface area contributed by atoms with Gasteiger partial charge in [-0.3, -0.25) is 9.59 Å². The van der Waals surface area contributed by atoms with Gasteiger partial charge >= 0.3 is 0 Å². The highest BCUT2D eigenvalue weighted by atomic mass is 16.5. The summed E-state index contributed by atoms with van der Waals surface area (Å²) in [6, 6.07) is 19.4. The second-order valence-corrected chi connectivity index (χ2v) is 8.02. The van der Waals surface area contributed by atoms with E-state index in [4.69, 9.17) is 13.9 Å². The average molecular weight is 443 g/mol. The van der Waals surface area contributed by atoms with E-state index in [0.29, 0.717) is 45.4 Å². The first-order valence-corrected chi connectivity index (χ1v) is 10.6. The molecule has 3 aromatic carbocycles. The van der Waals surface area contributed by atoms with Crippen molar-refractivity contribution in [2.24, 2.45) is 0 Å². The summed E-state index contributed by atoms with van der Waals surface area (Å²) in [7, 11) is 3.04. The maximum Gasteiger partial charge on any atom is 0.255 e. The first-order chi connectivity index (χ1) is 15.9. The fraction of sp³-hybridized carbons (Fsp3) is 0.185. The lowest BCUT2D eigenvalue weighted by atomic mass is 10.0. The van der Waals surface area contributed by atoms with Crippen molar-refractivity contribution in [3.63, 3.8) is 0 Å². The second-order valence-electron chi connectivity index (χ2n) is 8.02. The van der Waals surface area contributed by atoms with Crippen molar-refractivity contribution in [1.82, 2.24) is 0 Å². The van der Waals surface area contributed by atoms with Crippen molar-refractivity contribution in [1.29, 1.82) is 0 Å². The second kappa shape index (κ2) is 9.20. The molecule has 0 aliphatic heterocycles. The molecule has 4 rings (SSSR count). The highest BCUT2D eigenvalue weighted by molar-refractivity contribution is 6.05. The molecule has 0 aliphatic carbocycles. The normalized spacial score (nSPS) is 10.9. The van der Waals surface area contributed by atoms with Crippen molar-refractivity contribution < 1.29 is 18.7 Å². The lowest BCUT2D eigenvalue weighted by Crippen LogP contribution is -2.12. The Labute approximate surface area is 191 Å². The van der Waals surface area contributed by atoms with Crippen LogP contribution in [-0.2, 0) is 0 Å². The molecule has 1 amide bonds. The topological polar surface area (TPSA) is 77.8 Å². The molecule has 6 nitrogen and oxygen atoms in total. The zero-order valence-corrected chi connectivity index (χ0v) is 19.0. The van der Waals surface area contributed by atoms with Gasteiger partial charge in [-0.2, -0.15) is 0 Å². The quantitative estimate of drug-likeness (QED) is 0.404. The van der Waals surface area contributed by atoms with Crippen molar-refractivity contribution in [3.05, 3.63) is 88.1 Å². The van der Waals surface area contributed by atoms with Gasteiger partial charge in [0.1, 0.15) is 22.8 Å². The third kappa shape index (κ3) is 4.75. The van der Waals surface area contributed by atoms with Crippen LogP contribution in [0.4, 0.5) is 5.69 Å².